The van der Waals surface area contributed by atoms with E-state index in [4.69, 9.17) is 0 Å². The predicted octanol–water partition coefficient (Wildman–Crippen LogP) is 6.05. The van der Waals surface area contributed by atoms with Gasteiger partial charge in [0.05, 0.1) is 10.6 Å². The van der Waals surface area contributed by atoms with E-state index in [0.717, 1.165) is 28.7 Å². The van der Waals surface area contributed by atoms with Gasteiger partial charge in [0.1, 0.15) is 12.6 Å². The molecule has 0 aliphatic rings. The molecule has 0 saturated carbocycles. The van der Waals surface area contributed by atoms with Crippen molar-refractivity contribution in [2.24, 2.45) is 0 Å². The lowest BCUT2D eigenvalue weighted by molar-refractivity contribution is -0.140. The summed E-state index contributed by atoms with van der Waals surface area (Å²) in [5.74, 6) is -0.758. The van der Waals surface area contributed by atoms with E-state index in [1.165, 1.54) is 21.3 Å². The zero-order chi connectivity index (χ0) is 31.7. The Kier molecular flexibility index (Phi) is 11.0. The summed E-state index contributed by atoms with van der Waals surface area (Å²) in [7, 11) is -4.14. The van der Waals surface area contributed by atoms with Gasteiger partial charge >= 0.3 is 0 Å². The lowest BCUT2D eigenvalue weighted by Gasteiger charge is -2.34. The quantitative estimate of drug-likeness (QED) is 0.199. The van der Waals surface area contributed by atoms with Crippen LogP contribution in [0.4, 0.5) is 5.69 Å². The van der Waals surface area contributed by atoms with Crippen LogP contribution in [0, 0.1) is 13.8 Å². The summed E-state index contributed by atoms with van der Waals surface area (Å²) in [4.78, 5) is 30.0. The van der Waals surface area contributed by atoms with E-state index in [2.05, 4.69) is 5.32 Å². The van der Waals surface area contributed by atoms with Crippen molar-refractivity contribution in [2.45, 2.75) is 64.1 Å². The lowest BCUT2D eigenvalue weighted by Crippen LogP contribution is -2.54. The third-order valence-corrected chi connectivity index (χ3v) is 9.70. The second-order valence-electron chi connectivity index (χ2n) is 11.1. The van der Waals surface area contributed by atoms with E-state index in [1.54, 1.807) is 30.3 Å². The van der Waals surface area contributed by atoms with Crippen LogP contribution in [0.2, 0.25) is 0 Å². The predicted molar refractivity (Wildman–Crippen MR) is 176 cm³/mol. The number of hydrogen-bond donors (Lipinski definition) is 1. The van der Waals surface area contributed by atoms with Gasteiger partial charge in [-0.1, -0.05) is 97.9 Å². The van der Waals surface area contributed by atoms with Crippen molar-refractivity contribution in [3.63, 3.8) is 0 Å². The highest BCUT2D eigenvalue weighted by Crippen LogP contribution is 2.29. The fourth-order valence-electron chi connectivity index (χ4n) is 5.01. The molecular formula is C36H41N3O4S. The Morgan fingerprint density at radius 3 is 1.93 bits per heavy atom. The van der Waals surface area contributed by atoms with Crippen LogP contribution >= 0.6 is 0 Å². The van der Waals surface area contributed by atoms with E-state index in [0.29, 0.717) is 5.69 Å². The SMILES string of the molecule is CCC(C)NC(=O)C(Cc1ccccc1)N(Cc1ccccc1)C(=O)CN(c1cccc(C)c1C)S(=O)(=O)c1ccccc1. The Hall–Kier alpha value is -4.43. The number of anilines is 1. The van der Waals surface area contributed by atoms with Gasteiger partial charge in [0.15, 0.2) is 0 Å². The van der Waals surface area contributed by atoms with Crippen LogP contribution in [0.3, 0.4) is 0 Å². The van der Waals surface area contributed by atoms with Crippen molar-refractivity contribution in [1.82, 2.24) is 10.2 Å². The molecule has 7 nitrogen and oxygen atoms in total. The summed E-state index contributed by atoms with van der Waals surface area (Å²) in [6.45, 7) is 7.33. The first-order valence-electron chi connectivity index (χ1n) is 14.9. The Morgan fingerprint density at radius 1 is 0.773 bits per heavy atom. The number of nitrogens with one attached hydrogen (secondary N) is 1. The van der Waals surface area contributed by atoms with Crippen molar-refractivity contribution in [3.05, 3.63) is 131 Å². The number of nitrogens with zero attached hydrogens (tertiary/aromatic N) is 2. The molecule has 0 radical (unpaired) electrons. The Balaban J connectivity index is 1.82. The molecule has 0 aliphatic heterocycles. The van der Waals surface area contributed by atoms with Crippen LogP contribution < -0.4 is 9.62 Å². The van der Waals surface area contributed by atoms with Gasteiger partial charge < -0.3 is 10.2 Å². The molecule has 0 fully saturated rings. The number of amides is 2. The summed E-state index contributed by atoms with van der Waals surface area (Å²) in [5.41, 5.74) is 3.81. The third kappa shape index (κ3) is 7.94. The number of rotatable bonds is 13. The van der Waals surface area contributed by atoms with E-state index in [9.17, 15) is 18.0 Å². The molecule has 2 unspecified atom stereocenters. The van der Waals surface area contributed by atoms with Gasteiger partial charge in [-0.3, -0.25) is 13.9 Å². The van der Waals surface area contributed by atoms with Crippen molar-refractivity contribution >= 4 is 27.5 Å². The first-order chi connectivity index (χ1) is 21.1. The average molecular weight is 612 g/mol. The topological polar surface area (TPSA) is 86.8 Å². The smallest absolute Gasteiger partial charge is 0.264 e. The van der Waals surface area contributed by atoms with E-state index < -0.39 is 28.5 Å². The summed E-state index contributed by atoms with van der Waals surface area (Å²) in [6.07, 6.45) is 1.00. The first kappa shape index (κ1) is 32.5. The van der Waals surface area contributed by atoms with E-state index in [1.807, 2.05) is 94.4 Å². The molecule has 0 saturated heterocycles. The third-order valence-electron chi connectivity index (χ3n) is 7.92. The molecule has 1 N–H and O–H groups in total. The minimum Gasteiger partial charge on any atom is -0.352 e. The van der Waals surface area contributed by atoms with Gasteiger partial charge in [-0.05, 0) is 67.6 Å². The fourth-order valence-corrected chi connectivity index (χ4v) is 6.51. The molecule has 4 rings (SSSR count). The summed E-state index contributed by atoms with van der Waals surface area (Å²) < 4.78 is 29.5. The van der Waals surface area contributed by atoms with E-state index in [-0.39, 0.29) is 29.8 Å². The molecule has 8 heteroatoms. The van der Waals surface area contributed by atoms with Crippen LogP contribution in [0.1, 0.15) is 42.5 Å². The normalized spacial score (nSPS) is 12.6. The van der Waals surface area contributed by atoms with E-state index >= 15 is 0 Å². The molecule has 0 aromatic heterocycles. The molecular weight excluding hydrogens is 570 g/mol. The second kappa shape index (κ2) is 14.8. The highest BCUT2D eigenvalue weighted by molar-refractivity contribution is 7.92. The van der Waals surface area contributed by atoms with Gasteiger partial charge in [-0.25, -0.2) is 8.42 Å². The zero-order valence-electron chi connectivity index (χ0n) is 25.8. The Morgan fingerprint density at radius 2 is 1.34 bits per heavy atom. The number of benzene rings is 4. The highest BCUT2D eigenvalue weighted by atomic mass is 32.2. The van der Waals surface area contributed by atoms with Crippen LogP contribution in [0.15, 0.2) is 114 Å². The number of carbonyl (C=O) groups excluding carboxylic acids is 2. The second-order valence-corrected chi connectivity index (χ2v) is 12.9. The van der Waals surface area contributed by atoms with Gasteiger partial charge in [-0.2, -0.15) is 0 Å². The minimum absolute atomic E-state index is 0.0821. The van der Waals surface area contributed by atoms with Crippen molar-refractivity contribution in [3.8, 4) is 0 Å². The monoisotopic (exact) mass is 611 g/mol. The van der Waals surface area contributed by atoms with Crippen molar-refractivity contribution in [1.29, 1.82) is 0 Å². The van der Waals surface area contributed by atoms with Crippen LogP contribution in [-0.4, -0.2) is 43.8 Å². The zero-order valence-corrected chi connectivity index (χ0v) is 26.6. The summed E-state index contributed by atoms with van der Waals surface area (Å²) >= 11 is 0. The fraction of sp³-hybridized carbons (Fsp3) is 0.278. The molecule has 2 amide bonds. The molecule has 4 aromatic carbocycles. The molecule has 44 heavy (non-hydrogen) atoms. The molecule has 0 aliphatic carbocycles. The lowest BCUT2D eigenvalue weighted by atomic mass is 10.0. The van der Waals surface area contributed by atoms with Crippen molar-refractivity contribution in [2.75, 3.05) is 10.8 Å². The van der Waals surface area contributed by atoms with Crippen molar-refractivity contribution < 1.29 is 18.0 Å². The largest absolute Gasteiger partial charge is 0.352 e. The molecule has 2 atom stereocenters. The minimum atomic E-state index is -4.14. The number of aryl methyl sites for hydroxylation is 1. The average Bonchev–Trinajstić information content (AvgIpc) is 3.04. The number of sulfonamides is 1. The maximum Gasteiger partial charge on any atom is 0.264 e. The Bertz CT molecular complexity index is 1650. The summed E-state index contributed by atoms with van der Waals surface area (Å²) in [5, 5.41) is 3.06. The van der Waals surface area contributed by atoms with Crippen LogP contribution in [0.25, 0.3) is 0 Å². The Labute approximate surface area is 261 Å². The van der Waals surface area contributed by atoms with Gasteiger partial charge in [0, 0.05) is 19.0 Å². The number of carbonyl (C=O) groups is 2. The molecule has 0 heterocycles. The molecule has 230 valence electrons. The number of hydrogen-bond acceptors (Lipinski definition) is 4. The molecule has 0 bridgehead atoms. The first-order valence-corrected chi connectivity index (χ1v) is 16.4. The maximum absolute atomic E-state index is 14.5. The molecule has 0 spiro atoms. The maximum atomic E-state index is 14.5. The van der Waals surface area contributed by atoms with Gasteiger partial charge in [0.25, 0.3) is 10.0 Å². The van der Waals surface area contributed by atoms with Crippen LogP contribution in [0.5, 0.6) is 0 Å². The molecule has 4 aromatic rings. The van der Waals surface area contributed by atoms with Crippen LogP contribution in [-0.2, 0) is 32.6 Å². The van der Waals surface area contributed by atoms with Gasteiger partial charge in [-0.15, -0.1) is 0 Å². The van der Waals surface area contributed by atoms with Gasteiger partial charge in [0.2, 0.25) is 11.8 Å². The summed E-state index contributed by atoms with van der Waals surface area (Å²) in [6, 6.07) is 31.6. The standard InChI is InChI=1S/C36H41N3O4S/c1-5-28(3)37-36(41)34(24-30-17-9-6-10-18-30)38(25-31-19-11-7-12-20-31)35(40)26-39(33-23-15-16-27(2)29(33)4)44(42,43)32-21-13-8-14-22-32/h6-23,28,34H,5,24-26H2,1-4H3,(H,37,41). The highest BCUT2D eigenvalue weighted by Gasteiger charge is 2.35.